The quantitative estimate of drug-likeness (QED) is 0.884. The normalized spacial score (nSPS) is 10.7. The van der Waals surface area contributed by atoms with Gasteiger partial charge in [-0.3, -0.25) is 0 Å². The van der Waals surface area contributed by atoms with Crippen molar-refractivity contribution >= 4 is 5.82 Å². The summed E-state index contributed by atoms with van der Waals surface area (Å²) in [4.78, 5) is 6.64. The number of nitrogens with zero attached hydrogens (tertiary/aromatic N) is 2. The molecular weight excluding hydrogens is 265 g/mol. The molecule has 0 aliphatic rings. The van der Waals surface area contributed by atoms with Crippen LogP contribution < -0.4 is 10.2 Å². The van der Waals surface area contributed by atoms with E-state index in [1.807, 2.05) is 13.2 Å². The van der Waals surface area contributed by atoms with Gasteiger partial charge in [-0.1, -0.05) is 19.1 Å². The van der Waals surface area contributed by atoms with Crippen LogP contribution in [0.3, 0.4) is 0 Å². The number of anilines is 1. The molecule has 21 heavy (non-hydrogen) atoms. The Kier molecular flexibility index (Phi) is 5.28. The predicted molar refractivity (Wildman–Crippen MR) is 84.9 cm³/mol. The molecule has 0 fully saturated rings. The molecule has 0 saturated heterocycles. The summed E-state index contributed by atoms with van der Waals surface area (Å²) in [7, 11) is 2.00. The standard InChI is InChI=1S/C17H22FN3/c1-4-19-10-15-9-13(2)17(20-11-15)21(3)12-14-5-7-16(18)8-6-14/h5-9,11,19H,4,10,12H2,1-3H3. The van der Waals surface area contributed by atoms with Gasteiger partial charge in [0, 0.05) is 26.3 Å². The van der Waals surface area contributed by atoms with Crippen molar-refractivity contribution in [2.24, 2.45) is 0 Å². The van der Waals surface area contributed by atoms with Gasteiger partial charge in [-0.2, -0.15) is 0 Å². The van der Waals surface area contributed by atoms with Crippen LogP contribution in [-0.2, 0) is 13.1 Å². The minimum Gasteiger partial charge on any atom is -0.355 e. The zero-order chi connectivity index (χ0) is 15.2. The summed E-state index contributed by atoms with van der Waals surface area (Å²) in [6.45, 7) is 6.66. The number of nitrogens with one attached hydrogen (secondary N) is 1. The fraction of sp³-hybridized carbons (Fsp3) is 0.353. The lowest BCUT2D eigenvalue weighted by atomic mass is 10.1. The van der Waals surface area contributed by atoms with E-state index in [9.17, 15) is 4.39 Å². The van der Waals surface area contributed by atoms with Gasteiger partial charge in [0.05, 0.1) is 0 Å². The summed E-state index contributed by atoms with van der Waals surface area (Å²) in [6, 6.07) is 8.75. The van der Waals surface area contributed by atoms with Crippen molar-refractivity contribution in [3.63, 3.8) is 0 Å². The molecule has 0 radical (unpaired) electrons. The number of aryl methyl sites for hydroxylation is 1. The molecular formula is C17H22FN3. The second kappa shape index (κ2) is 7.18. The molecule has 1 heterocycles. The summed E-state index contributed by atoms with van der Waals surface area (Å²) < 4.78 is 12.9. The maximum absolute atomic E-state index is 12.9. The van der Waals surface area contributed by atoms with Crippen LogP contribution >= 0.6 is 0 Å². The predicted octanol–water partition coefficient (Wildman–Crippen LogP) is 3.28. The Morgan fingerprint density at radius 2 is 1.90 bits per heavy atom. The highest BCUT2D eigenvalue weighted by molar-refractivity contribution is 5.47. The average molecular weight is 287 g/mol. The van der Waals surface area contributed by atoms with Gasteiger partial charge in [-0.25, -0.2) is 9.37 Å². The summed E-state index contributed by atoms with van der Waals surface area (Å²) in [5.41, 5.74) is 3.40. The highest BCUT2D eigenvalue weighted by atomic mass is 19.1. The molecule has 2 rings (SSSR count). The van der Waals surface area contributed by atoms with Crippen molar-refractivity contribution in [3.05, 3.63) is 59.0 Å². The van der Waals surface area contributed by atoms with E-state index in [1.165, 1.54) is 17.7 Å². The van der Waals surface area contributed by atoms with E-state index in [-0.39, 0.29) is 5.82 Å². The molecule has 0 saturated carbocycles. The largest absolute Gasteiger partial charge is 0.355 e. The first kappa shape index (κ1) is 15.4. The summed E-state index contributed by atoms with van der Waals surface area (Å²) >= 11 is 0. The maximum Gasteiger partial charge on any atom is 0.131 e. The molecule has 0 atom stereocenters. The van der Waals surface area contributed by atoms with Gasteiger partial charge in [0.2, 0.25) is 0 Å². The lowest BCUT2D eigenvalue weighted by molar-refractivity contribution is 0.627. The molecule has 1 aromatic carbocycles. The van der Waals surface area contributed by atoms with Crippen molar-refractivity contribution in [2.45, 2.75) is 26.9 Å². The topological polar surface area (TPSA) is 28.2 Å². The molecule has 1 N–H and O–H groups in total. The Morgan fingerprint density at radius 3 is 2.52 bits per heavy atom. The molecule has 3 nitrogen and oxygen atoms in total. The molecule has 4 heteroatoms. The number of pyridine rings is 1. The van der Waals surface area contributed by atoms with Crippen molar-refractivity contribution < 1.29 is 4.39 Å². The van der Waals surface area contributed by atoms with Gasteiger partial charge in [0.1, 0.15) is 11.6 Å². The third-order valence-corrected chi connectivity index (χ3v) is 3.38. The first-order valence-electron chi connectivity index (χ1n) is 7.22. The van der Waals surface area contributed by atoms with Crippen molar-refractivity contribution in [3.8, 4) is 0 Å². The monoisotopic (exact) mass is 287 g/mol. The van der Waals surface area contributed by atoms with E-state index in [2.05, 4.69) is 35.1 Å². The van der Waals surface area contributed by atoms with Crippen LogP contribution in [0, 0.1) is 12.7 Å². The van der Waals surface area contributed by atoms with Gasteiger partial charge in [0.15, 0.2) is 0 Å². The molecule has 0 bridgehead atoms. The number of benzene rings is 1. The SMILES string of the molecule is CCNCc1cnc(N(C)Cc2ccc(F)cc2)c(C)c1. The summed E-state index contributed by atoms with van der Waals surface area (Å²) in [5, 5.41) is 3.30. The van der Waals surface area contributed by atoms with Crippen LogP contribution in [0.2, 0.25) is 0 Å². The number of aromatic nitrogens is 1. The fourth-order valence-corrected chi connectivity index (χ4v) is 2.33. The van der Waals surface area contributed by atoms with E-state index in [1.54, 1.807) is 12.1 Å². The lowest BCUT2D eigenvalue weighted by Gasteiger charge is -2.21. The summed E-state index contributed by atoms with van der Waals surface area (Å²) in [5.74, 6) is 0.753. The maximum atomic E-state index is 12.9. The zero-order valence-corrected chi connectivity index (χ0v) is 12.9. The fourth-order valence-electron chi connectivity index (χ4n) is 2.33. The van der Waals surface area contributed by atoms with Crippen LogP contribution in [0.1, 0.15) is 23.6 Å². The molecule has 0 aliphatic carbocycles. The smallest absolute Gasteiger partial charge is 0.131 e. The van der Waals surface area contributed by atoms with E-state index in [0.717, 1.165) is 30.0 Å². The summed E-state index contributed by atoms with van der Waals surface area (Å²) in [6.07, 6.45) is 1.91. The van der Waals surface area contributed by atoms with Crippen LogP contribution in [0.4, 0.5) is 10.2 Å². The van der Waals surface area contributed by atoms with Crippen LogP contribution in [0.5, 0.6) is 0 Å². The lowest BCUT2D eigenvalue weighted by Crippen LogP contribution is -2.19. The van der Waals surface area contributed by atoms with Crippen molar-refractivity contribution in [1.82, 2.24) is 10.3 Å². The highest BCUT2D eigenvalue weighted by Gasteiger charge is 2.08. The minimum atomic E-state index is -0.205. The third-order valence-electron chi connectivity index (χ3n) is 3.38. The number of hydrogen-bond donors (Lipinski definition) is 1. The van der Waals surface area contributed by atoms with Crippen molar-refractivity contribution in [1.29, 1.82) is 0 Å². The Bertz CT molecular complexity index is 581. The number of rotatable bonds is 6. The van der Waals surface area contributed by atoms with Crippen molar-refractivity contribution in [2.75, 3.05) is 18.5 Å². The van der Waals surface area contributed by atoms with Crippen LogP contribution in [-0.4, -0.2) is 18.6 Å². The molecule has 0 aliphatic heterocycles. The zero-order valence-electron chi connectivity index (χ0n) is 12.9. The molecule has 112 valence electrons. The third kappa shape index (κ3) is 4.26. The molecule has 0 spiro atoms. The van der Waals surface area contributed by atoms with Gasteiger partial charge in [0.25, 0.3) is 0 Å². The van der Waals surface area contributed by atoms with E-state index in [0.29, 0.717) is 6.54 Å². The van der Waals surface area contributed by atoms with Crippen LogP contribution in [0.25, 0.3) is 0 Å². The second-order valence-electron chi connectivity index (χ2n) is 5.25. The Labute approximate surface area is 125 Å². The average Bonchev–Trinajstić information content (AvgIpc) is 2.47. The van der Waals surface area contributed by atoms with Crippen LogP contribution in [0.15, 0.2) is 36.5 Å². The second-order valence-corrected chi connectivity index (χ2v) is 5.25. The van der Waals surface area contributed by atoms with E-state index >= 15 is 0 Å². The number of halogens is 1. The van der Waals surface area contributed by atoms with Gasteiger partial charge in [-0.15, -0.1) is 0 Å². The van der Waals surface area contributed by atoms with E-state index < -0.39 is 0 Å². The first-order valence-corrected chi connectivity index (χ1v) is 7.22. The molecule has 0 amide bonds. The molecule has 2 aromatic rings. The van der Waals surface area contributed by atoms with Gasteiger partial charge >= 0.3 is 0 Å². The highest BCUT2D eigenvalue weighted by Crippen LogP contribution is 2.19. The first-order chi connectivity index (χ1) is 10.1. The Hall–Kier alpha value is -1.94. The van der Waals surface area contributed by atoms with Gasteiger partial charge < -0.3 is 10.2 Å². The Morgan fingerprint density at radius 1 is 1.19 bits per heavy atom. The Balaban J connectivity index is 2.08. The molecule has 1 aromatic heterocycles. The minimum absolute atomic E-state index is 0.205. The van der Waals surface area contributed by atoms with E-state index in [4.69, 9.17) is 0 Å². The number of hydrogen-bond acceptors (Lipinski definition) is 3. The molecule has 0 unspecified atom stereocenters. The van der Waals surface area contributed by atoms with Gasteiger partial charge in [-0.05, 0) is 48.4 Å².